The Morgan fingerprint density at radius 3 is 2.68 bits per heavy atom. The summed E-state index contributed by atoms with van der Waals surface area (Å²) in [6.45, 7) is -0.0302. The van der Waals surface area contributed by atoms with Crippen LogP contribution in [0.15, 0.2) is 66.7 Å². The Morgan fingerprint density at radius 1 is 1.03 bits per heavy atom. The summed E-state index contributed by atoms with van der Waals surface area (Å²) < 4.78 is 20.2. The maximum Gasteiger partial charge on any atom is 0.255 e. The molecule has 1 heterocycles. The highest BCUT2D eigenvalue weighted by atomic mass is 19.1. The maximum absolute atomic E-state index is 13.4. The second-order valence-corrected chi connectivity index (χ2v) is 6.66. The highest BCUT2D eigenvalue weighted by Crippen LogP contribution is 2.28. The molecule has 0 aliphatic carbocycles. The second-order valence-electron chi connectivity index (χ2n) is 6.66. The van der Waals surface area contributed by atoms with Gasteiger partial charge in [-0.2, -0.15) is 0 Å². The Morgan fingerprint density at radius 2 is 1.87 bits per heavy atom. The largest absolute Gasteiger partial charge is 0.495 e. The summed E-state index contributed by atoms with van der Waals surface area (Å²) in [6.07, 6.45) is 0. The molecule has 9 heteroatoms. The number of methoxy groups -OCH3 is 1. The molecule has 31 heavy (non-hydrogen) atoms. The van der Waals surface area contributed by atoms with Crippen molar-refractivity contribution in [3.63, 3.8) is 0 Å². The predicted octanol–water partition coefficient (Wildman–Crippen LogP) is 3.47. The molecule has 4 rings (SSSR count). The first-order chi connectivity index (χ1) is 15.0. The van der Waals surface area contributed by atoms with Crippen molar-refractivity contribution in [1.29, 1.82) is 0 Å². The standard InChI is InChI=1S/C22H18FN5O3/c1-31-20-10-9-16(12-18(20)25-22(30)14-5-4-6-15(23)11-14)24-21(29)13-28-19-8-3-2-7-17(19)26-27-28/h2-12H,13H2,1H3,(H,24,29)(H,25,30). The van der Waals surface area contributed by atoms with Crippen LogP contribution in [0.25, 0.3) is 11.0 Å². The molecule has 0 bridgehead atoms. The van der Waals surface area contributed by atoms with E-state index in [1.165, 1.54) is 30.0 Å². The first kappa shape index (κ1) is 20.0. The van der Waals surface area contributed by atoms with Crippen LogP contribution >= 0.6 is 0 Å². The number of aromatic nitrogens is 3. The number of anilines is 2. The monoisotopic (exact) mass is 419 g/mol. The summed E-state index contributed by atoms with van der Waals surface area (Å²) in [5.74, 6) is -0.940. The minimum absolute atomic E-state index is 0.0302. The maximum atomic E-state index is 13.4. The van der Waals surface area contributed by atoms with Gasteiger partial charge in [0.05, 0.1) is 18.3 Å². The van der Waals surface area contributed by atoms with Gasteiger partial charge in [0.2, 0.25) is 5.91 Å². The van der Waals surface area contributed by atoms with Crippen molar-refractivity contribution in [3.8, 4) is 5.75 Å². The number of halogens is 1. The van der Waals surface area contributed by atoms with Crippen LogP contribution in [0.4, 0.5) is 15.8 Å². The van der Waals surface area contributed by atoms with Gasteiger partial charge < -0.3 is 15.4 Å². The van der Waals surface area contributed by atoms with E-state index in [4.69, 9.17) is 4.74 Å². The number of carbonyl (C=O) groups excluding carboxylic acids is 2. The average Bonchev–Trinajstić information content (AvgIpc) is 3.16. The van der Waals surface area contributed by atoms with Crippen LogP contribution in [-0.2, 0) is 11.3 Å². The number of para-hydroxylation sites is 1. The Hall–Kier alpha value is -4.27. The summed E-state index contributed by atoms with van der Waals surface area (Å²) in [4.78, 5) is 25.0. The van der Waals surface area contributed by atoms with E-state index in [2.05, 4.69) is 20.9 Å². The molecule has 0 unspecified atom stereocenters. The number of benzene rings is 3. The summed E-state index contributed by atoms with van der Waals surface area (Å²) in [6, 6.07) is 17.5. The quantitative estimate of drug-likeness (QED) is 0.499. The zero-order valence-electron chi connectivity index (χ0n) is 16.5. The highest BCUT2D eigenvalue weighted by molar-refractivity contribution is 6.05. The van der Waals surface area contributed by atoms with Gasteiger partial charge in [-0.25, -0.2) is 9.07 Å². The number of ether oxygens (including phenoxy) is 1. The predicted molar refractivity (Wildman–Crippen MR) is 114 cm³/mol. The normalized spacial score (nSPS) is 10.6. The van der Waals surface area contributed by atoms with Gasteiger partial charge in [-0.15, -0.1) is 5.10 Å². The van der Waals surface area contributed by atoms with Gasteiger partial charge in [0.25, 0.3) is 5.91 Å². The fraction of sp³-hybridized carbons (Fsp3) is 0.0909. The fourth-order valence-corrected chi connectivity index (χ4v) is 3.08. The lowest BCUT2D eigenvalue weighted by Gasteiger charge is -2.13. The Balaban J connectivity index is 1.50. The van der Waals surface area contributed by atoms with Gasteiger partial charge in [0, 0.05) is 11.3 Å². The van der Waals surface area contributed by atoms with Crippen molar-refractivity contribution >= 4 is 34.2 Å². The number of rotatable bonds is 6. The smallest absolute Gasteiger partial charge is 0.255 e. The summed E-state index contributed by atoms with van der Waals surface area (Å²) in [5.41, 5.74) is 2.39. The van der Waals surface area contributed by atoms with Gasteiger partial charge in [-0.1, -0.05) is 23.4 Å². The van der Waals surface area contributed by atoms with Gasteiger partial charge in [0.1, 0.15) is 23.6 Å². The lowest BCUT2D eigenvalue weighted by atomic mass is 10.2. The molecule has 0 radical (unpaired) electrons. The SMILES string of the molecule is COc1ccc(NC(=O)Cn2nnc3ccccc32)cc1NC(=O)c1cccc(F)c1. The van der Waals surface area contributed by atoms with E-state index >= 15 is 0 Å². The van der Waals surface area contributed by atoms with Crippen molar-refractivity contribution in [2.24, 2.45) is 0 Å². The van der Waals surface area contributed by atoms with E-state index < -0.39 is 11.7 Å². The van der Waals surface area contributed by atoms with Crippen LogP contribution in [0, 0.1) is 5.82 Å². The van der Waals surface area contributed by atoms with Gasteiger partial charge >= 0.3 is 0 Å². The van der Waals surface area contributed by atoms with Crippen molar-refractivity contribution in [2.75, 3.05) is 17.7 Å². The van der Waals surface area contributed by atoms with E-state index in [9.17, 15) is 14.0 Å². The number of amides is 2. The molecule has 0 saturated carbocycles. The van der Waals surface area contributed by atoms with Crippen LogP contribution in [0.2, 0.25) is 0 Å². The zero-order chi connectivity index (χ0) is 21.8. The molecule has 0 spiro atoms. The van der Waals surface area contributed by atoms with E-state index in [0.29, 0.717) is 22.6 Å². The van der Waals surface area contributed by atoms with Crippen LogP contribution in [0.3, 0.4) is 0 Å². The Kier molecular flexibility index (Phi) is 5.57. The molecule has 1 aromatic heterocycles. The molecule has 156 valence electrons. The number of hydrogen-bond acceptors (Lipinski definition) is 5. The zero-order valence-corrected chi connectivity index (χ0v) is 16.5. The third-order valence-corrected chi connectivity index (χ3v) is 4.53. The third-order valence-electron chi connectivity index (χ3n) is 4.53. The highest BCUT2D eigenvalue weighted by Gasteiger charge is 2.13. The fourth-order valence-electron chi connectivity index (χ4n) is 3.08. The summed E-state index contributed by atoms with van der Waals surface area (Å²) in [7, 11) is 1.46. The molecule has 2 amide bonds. The minimum Gasteiger partial charge on any atom is -0.495 e. The molecule has 0 atom stereocenters. The van der Waals surface area contributed by atoms with E-state index in [1.54, 1.807) is 18.2 Å². The molecule has 4 aromatic rings. The molecule has 8 nitrogen and oxygen atoms in total. The van der Waals surface area contributed by atoms with Crippen LogP contribution in [0.1, 0.15) is 10.4 Å². The summed E-state index contributed by atoms with van der Waals surface area (Å²) in [5, 5.41) is 13.5. The molecule has 0 fully saturated rings. The Bertz CT molecular complexity index is 1270. The average molecular weight is 419 g/mol. The molecule has 0 aliphatic rings. The lowest BCUT2D eigenvalue weighted by Crippen LogP contribution is -2.20. The molecule has 0 aliphatic heterocycles. The lowest BCUT2D eigenvalue weighted by molar-refractivity contribution is -0.116. The van der Waals surface area contributed by atoms with Crippen LogP contribution in [0.5, 0.6) is 5.75 Å². The van der Waals surface area contributed by atoms with Crippen molar-refractivity contribution in [2.45, 2.75) is 6.54 Å². The van der Waals surface area contributed by atoms with Gasteiger partial charge in [-0.3, -0.25) is 9.59 Å². The number of fused-ring (bicyclic) bond motifs is 1. The minimum atomic E-state index is -0.513. The van der Waals surface area contributed by atoms with Crippen LogP contribution in [-0.4, -0.2) is 33.9 Å². The first-order valence-corrected chi connectivity index (χ1v) is 9.36. The topological polar surface area (TPSA) is 98.1 Å². The second kappa shape index (κ2) is 8.62. The first-order valence-electron chi connectivity index (χ1n) is 9.36. The summed E-state index contributed by atoms with van der Waals surface area (Å²) >= 11 is 0. The van der Waals surface area contributed by atoms with Crippen molar-refractivity contribution in [3.05, 3.63) is 78.1 Å². The number of nitrogens with one attached hydrogen (secondary N) is 2. The molecular weight excluding hydrogens is 401 g/mol. The van der Waals surface area contributed by atoms with Crippen molar-refractivity contribution in [1.82, 2.24) is 15.0 Å². The van der Waals surface area contributed by atoms with Gasteiger partial charge in [0.15, 0.2) is 0 Å². The van der Waals surface area contributed by atoms with Crippen LogP contribution < -0.4 is 15.4 Å². The number of carbonyl (C=O) groups is 2. The number of nitrogens with zero attached hydrogens (tertiary/aromatic N) is 3. The molecule has 2 N–H and O–H groups in total. The van der Waals surface area contributed by atoms with E-state index in [-0.39, 0.29) is 18.0 Å². The van der Waals surface area contributed by atoms with Gasteiger partial charge in [-0.05, 0) is 48.5 Å². The van der Waals surface area contributed by atoms with E-state index in [0.717, 1.165) is 11.6 Å². The Labute approximate surface area is 176 Å². The van der Waals surface area contributed by atoms with E-state index in [1.807, 2.05) is 24.3 Å². The molecular formula is C22H18FN5O3. The molecule has 0 saturated heterocycles. The third kappa shape index (κ3) is 4.50. The number of hydrogen-bond donors (Lipinski definition) is 2. The van der Waals surface area contributed by atoms with Crippen molar-refractivity contribution < 1.29 is 18.7 Å². The molecule has 3 aromatic carbocycles.